The summed E-state index contributed by atoms with van der Waals surface area (Å²) in [5, 5.41) is 3.85. The number of anilines is 1. The molecule has 0 aliphatic rings. The van der Waals surface area contributed by atoms with Gasteiger partial charge >= 0.3 is 0 Å². The highest BCUT2D eigenvalue weighted by Crippen LogP contribution is 2.25. The first-order valence-electron chi connectivity index (χ1n) is 9.81. The number of thioether (sulfide) groups is 1. The molecule has 0 atom stereocenters. The number of hydrogen-bond acceptors (Lipinski definition) is 5. The van der Waals surface area contributed by atoms with Gasteiger partial charge in [0.05, 0.1) is 35.1 Å². The van der Waals surface area contributed by atoms with Gasteiger partial charge in [0.1, 0.15) is 5.75 Å². The van der Waals surface area contributed by atoms with Crippen LogP contribution in [0.25, 0.3) is 16.6 Å². The molecule has 0 fully saturated rings. The highest BCUT2D eigenvalue weighted by molar-refractivity contribution is 9.10. The van der Waals surface area contributed by atoms with Crippen molar-refractivity contribution in [3.8, 4) is 11.4 Å². The summed E-state index contributed by atoms with van der Waals surface area (Å²) in [5.41, 5.74) is 2.84. The molecule has 0 saturated heterocycles. The van der Waals surface area contributed by atoms with Crippen LogP contribution in [0.15, 0.2) is 81.2 Å². The Balaban J connectivity index is 1.66. The van der Waals surface area contributed by atoms with Crippen molar-refractivity contribution in [2.75, 3.05) is 18.2 Å². The van der Waals surface area contributed by atoms with Crippen LogP contribution in [-0.2, 0) is 4.79 Å². The predicted molar refractivity (Wildman–Crippen MR) is 132 cm³/mol. The largest absolute Gasteiger partial charge is 0.497 e. The second-order valence-electron chi connectivity index (χ2n) is 7.07. The fourth-order valence-corrected chi connectivity index (χ4v) is 4.61. The molecule has 0 aliphatic carbocycles. The van der Waals surface area contributed by atoms with Gasteiger partial charge in [-0.1, -0.05) is 30.0 Å². The van der Waals surface area contributed by atoms with Crippen molar-refractivity contribution in [2.45, 2.75) is 12.1 Å². The van der Waals surface area contributed by atoms with Crippen molar-refractivity contribution < 1.29 is 9.53 Å². The number of aromatic nitrogens is 2. The summed E-state index contributed by atoms with van der Waals surface area (Å²) >= 11 is 4.68. The Hall–Kier alpha value is -3.10. The molecule has 0 aliphatic heterocycles. The average molecular weight is 510 g/mol. The van der Waals surface area contributed by atoms with Crippen LogP contribution in [0.4, 0.5) is 5.69 Å². The topological polar surface area (TPSA) is 73.2 Å². The van der Waals surface area contributed by atoms with Crippen LogP contribution >= 0.6 is 27.7 Å². The number of nitrogens with zero attached hydrogens (tertiary/aromatic N) is 2. The minimum absolute atomic E-state index is 0.0985. The standard InChI is InChI=1S/C24H20BrN3O3S/c1-15-7-12-21(19(25)13-15)26-22(29)14-32-24-27-20-6-4-3-5-18(20)23(30)28(24)16-8-10-17(31-2)11-9-16/h3-13H,14H2,1-2H3,(H,26,29). The van der Waals surface area contributed by atoms with E-state index in [0.29, 0.717) is 33.2 Å². The number of hydrogen-bond donors (Lipinski definition) is 1. The maximum atomic E-state index is 13.3. The smallest absolute Gasteiger partial charge is 0.266 e. The summed E-state index contributed by atoms with van der Waals surface area (Å²) in [6, 6.07) is 20.1. The minimum Gasteiger partial charge on any atom is -0.497 e. The second kappa shape index (κ2) is 9.58. The van der Waals surface area contributed by atoms with E-state index in [-0.39, 0.29) is 17.2 Å². The molecule has 1 N–H and O–H groups in total. The molecule has 32 heavy (non-hydrogen) atoms. The van der Waals surface area contributed by atoms with Gasteiger partial charge in [0, 0.05) is 4.47 Å². The number of aryl methyl sites for hydroxylation is 1. The lowest BCUT2D eigenvalue weighted by Crippen LogP contribution is -2.23. The number of methoxy groups -OCH3 is 1. The Morgan fingerprint density at radius 3 is 2.59 bits per heavy atom. The van der Waals surface area contributed by atoms with E-state index in [1.165, 1.54) is 16.3 Å². The fraction of sp³-hybridized carbons (Fsp3) is 0.125. The maximum absolute atomic E-state index is 13.3. The number of ether oxygens (including phenoxy) is 1. The number of fused-ring (bicyclic) bond motifs is 1. The highest BCUT2D eigenvalue weighted by atomic mass is 79.9. The normalized spacial score (nSPS) is 10.8. The summed E-state index contributed by atoms with van der Waals surface area (Å²) in [6.45, 7) is 1.98. The van der Waals surface area contributed by atoms with Crippen molar-refractivity contribution in [2.24, 2.45) is 0 Å². The number of benzene rings is 3. The van der Waals surface area contributed by atoms with Gasteiger partial charge in [0.2, 0.25) is 5.91 Å². The first-order chi connectivity index (χ1) is 15.5. The molecule has 0 bridgehead atoms. The quantitative estimate of drug-likeness (QED) is 0.285. The van der Waals surface area contributed by atoms with Crippen molar-refractivity contribution in [3.05, 3.63) is 87.1 Å². The van der Waals surface area contributed by atoms with E-state index >= 15 is 0 Å². The van der Waals surface area contributed by atoms with E-state index in [2.05, 4.69) is 26.2 Å². The summed E-state index contributed by atoms with van der Waals surface area (Å²) in [6.07, 6.45) is 0. The number of amides is 1. The van der Waals surface area contributed by atoms with Gasteiger partial charge < -0.3 is 10.1 Å². The second-order valence-corrected chi connectivity index (χ2v) is 8.87. The first-order valence-corrected chi connectivity index (χ1v) is 11.6. The molecule has 1 amide bonds. The zero-order valence-electron chi connectivity index (χ0n) is 17.5. The summed E-state index contributed by atoms with van der Waals surface area (Å²) < 4.78 is 7.57. The third-order valence-electron chi connectivity index (χ3n) is 4.81. The molecule has 162 valence electrons. The number of halogens is 1. The molecule has 4 rings (SSSR count). The van der Waals surface area contributed by atoms with Crippen molar-refractivity contribution >= 4 is 50.2 Å². The first kappa shape index (κ1) is 22.1. The summed E-state index contributed by atoms with van der Waals surface area (Å²) in [7, 11) is 1.59. The summed E-state index contributed by atoms with van der Waals surface area (Å²) in [5.74, 6) is 0.595. The van der Waals surface area contributed by atoms with Gasteiger partial charge in [0.25, 0.3) is 5.56 Å². The highest BCUT2D eigenvalue weighted by Gasteiger charge is 2.15. The zero-order chi connectivity index (χ0) is 22.7. The van der Waals surface area contributed by atoms with Crippen LogP contribution in [0.3, 0.4) is 0 Å². The number of para-hydroxylation sites is 1. The van der Waals surface area contributed by atoms with E-state index in [1.807, 2.05) is 37.3 Å². The van der Waals surface area contributed by atoms with Gasteiger partial charge in [-0.05, 0) is 76.9 Å². The Bertz CT molecular complexity index is 1350. The van der Waals surface area contributed by atoms with Crippen molar-refractivity contribution in [1.82, 2.24) is 9.55 Å². The Labute approximate surface area is 197 Å². The molecule has 4 aromatic rings. The lowest BCUT2D eigenvalue weighted by molar-refractivity contribution is -0.113. The lowest BCUT2D eigenvalue weighted by Gasteiger charge is -2.14. The molecule has 1 heterocycles. The molecule has 6 nitrogen and oxygen atoms in total. The maximum Gasteiger partial charge on any atom is 0.266 e. The van der Waals surface area contributed by atoms with Gasteiger partial charge in [-0.25, -0.2) is 4.98 Å². The molecule has 1 aromatic heterocycles. The molecular formula is C24H20BrN3O3S. The monoisotopic (exact) mass is 509 g/mol. The van der Waals surface area contributed by atoms with E-state index < -0.39 is 0 Å². The Morgan fingerprint density at radius 2 is 1.88 bits per heavy atom. The molecule has 0 radical (unpaired) electrons. The van der Waals surface area contributed by atoms with Crippen LogP contribution < -0.4 is 15.6 Å². The van der Waals surface area contributed by atoms with E-state index in [9.17, 15) is 9.59 Å². The van der Waals surface area contributed by atoms with Gasteiger partial charge in [0.15, 0.2) is 5.16 Å². The number of nitrogens with one attached hydrogen (secondary N) is 1. The van der Waals surface area contributed by atoms with Crippen molar-refractivity contribution in [3.63, 3.8) is 0 Å². The summed E-state index contributed by atoms with van der Waals surface area (Å²) in [4.78, 5) is 30.6. The number of carbonyl (C=O) groups is 1. The molecule has 0 spiro atoms. The molecule has 8 heteroatoms. The van der Waals surface area contributed by atoms with Gasteiger partial charge in [-0.15, -0.1) is 0 Å². The van der Waals surface area contributed by atoms with E-state index in [4.69, 9.17) is 4.74 Å². The SMILES string of the molecule is COc1ccc(-n2c(SCC(=O)Nc3ccc(C)cc3Br)nc3ccccc3c2=O)cc1. The van der Waals surface area contributed by atoms with Crippen LogP contribution in [0.5, 0.6) is 5.75 Å². The zero-order valence-corrected chi connectivity index (χ0v) is 19.9. The fourth-order valence-electron chi connectivity index (χ4n) is 3.21. The molecule has 3 aromatic carbocycles. The van der Waals surface area contributed by atoms with E-state index in [0.717, 1.165) is 10.0 Å². The number of rotatable bonds is 6. The molecule has 0 unspecified atom stereocenters. The minimum atomic E-state index is -0.191. The molecule has 0 saturated carbocycles. The van der Waals surface area contributed by atoms with E-state index in [1.54, 1.807) is 43.5 Å². The lowest BCUT2D eigenvalue weighted by atomic mass is 10.2. The Morgan fingerprint density at radius 1 is 1.12 bits per heavy atom. The van der Waals surface area contributed by atoms with Crippen LogP contribution in [0.2, 0.25) is 0 Å². The van der Waals surface area contributed by atoms with Gasteiger partial charge in [-0.3, -0.25) is 14.2 Å². The third kappa shape index (κ3) is 4.71. The third-order valence-corrected chi connectivity index (χ3v) is 6.40. The van der Waals surface area contributed by atoms with Crippen LogP contribution in [0.1, 0.15) is 5.56 Å². The average Bonchev–Trinajstić information content (AvgIpc) is 2.80. The predicted octanol–water partition coefficient (Wildman–Crippen LogP) is 5.20. The Kier molecular flexibility index (Phi) is 6.62. The van der Waals surface area contributed by atoms with Gasteiger partial charge in [-0.2, -0.15) is 0 Å². The van der Waals surface area contributed by atoms with Crippen LogP contribution in [0, 0.1) is 6.92 Å². The molecular weight excluding hydrogens is 490 g/mol. The number of carbonyl (C=O) groups excluding carboxylic acids is 1. The van der Waals surface area contributed by atoms with Crippen molar-refractivity contribution in [1.29, 1.82) is 0 Å². The van der Waals surface area contributed by atoms with Crippen LogP contribution in [-0.4, -0.2) is 28.3 Å².